The third kappa shape index (κ3) is 5.26. The molecule has 7 nitrogen and oxygen atoms in total. The van der Waals surface area contributed by atoms with Gasteiger partial charge in [0.2, 0.25) is 0 Å². The molecule has 0 aliphatic heterocycles. The van der Waals surface area contributed by atoms with E-state index in [9.17, 15) is 5.11 Å². The quantitative estimate of drug-likeness (QED) is 0.266. The molecular weight excluding hydrogens is 469 g/mol. The molecule has 1 atom stereocenters. The highest BCUT2D eigenvalue weighted by Gasteiger charge is 2.26. The average Bonchev–Trinajstić information content (AvgIpc) is 3.29. The lowest BCUT2D eigenvalue weighted by molar-refractivity contribution is 0.0437. The second-order valence-electron chi connectivity index (χ2n) is 6.67. The summed E-state index contributed by atoms with van der Waals surface area (Å²) in [5.41, 5.74) is 0.979. The molecule has 0 radical (unpaired) electrons. The maximum absolute atomic E-state index is 10.6. The van der Waals surface area contributed by atoms with Gasteiger partial charge in [-0.25, -0.2) is 9.98 Å². The van der Waals surface area contributed by atoms with Crippen molar-refractivity contribution in [2.24, 2.45) is 4.99 Å². The summed E-state index contributed by atoms with van der Waals surface area (Å²) >= 11 is 0. The maximum atomic E-state index is 10.6. The Labute approximate surface area is 182 Å². The molecule has 2 aromatic heterocycles. The Morgan fingerprint density at radius 3 is 2.75 bits per heavy atom. The zero-order chi connectivity index (χ0) is 19.3. The van der Waals surface area contributed by atoms with E-state index in [1.165, 1.54) is 0 Å². The van der Waals surface area contributed by atoms with Crippen LogP contribution in [0, 0.1) is 6.92 Å². The van der Waals surface area contributed by atoms with Crippen LogP contribution in [0.4, 0.5) is 0 Å². The maximum Gasteiger partial charge on any atom is 0.191 e. The molecule has 28 heavy (non-hydrogen) atoms. The molecular formula is C20H28IN5O2. The van der Waals surface area contributed by atoms with Gasteiger partial charge < -0.3 is 24.7 Å². The van der Waals surface area contributed by atoms with Crippen LogP contribution in [0.1, 0.15) is 25.4 Å². The summed E-state index contributed by atoms with van der Waals surface area (Å²) in [5, 5.41) is 17.1. The summed E-state index contributed by atoms with van der Waals surface area (Å²) in [6, 6.07) is 11.6. The number of imidazole rings is 1. The van der Waals surface area contributed by atoms with E-state index in [1.54, 1.807) is 25.3 Å². The van der Waals surface area contributed by atoms with E-state index >= 15 is 0 Å². The number of guanidine groups is 1. The zero-order valence-electron chi connectivity index (χ0n) is 16.5. The number of aliphatic hydroxyl groups is 1. The predicted octanol–water partition coefficient (Wildman–Crippen LogP) is 3.02. The number of benzene rings is 1. The number of furan rings is 1. The summed E-state index contributed by atoms with van der Waals surface area (Å²) in [6.07, 6.45) is 1.55. The van der Waals surface area contributed by atoms with Crippen molar-refractivity contribution < 1.29 is 9.52 Å². The predicted molar refractivity (Wildman–Crippen MR) is 122 cm³/mol. The van der Waals surface area contributed by atoms with Crippen LogP contribution >= 0.6 is 24.0 Å². The van der Waals surface area contributed by atoms with Crippen LogP contribution in [0.2, 0.25) is 0 Å². The minimum absolute atomic E-state index is 0. The van der Waals surface area contributed by atoms with Crippen LogP contribution in [-0.2, 0) is 12.1 Å². The van der Waals surface area contributed by atoms with Crippen LogP contribution < -0.4 is 10.6 Å². The minimum atomic E-state index is -1.15. The van der Waals surface area contributed by atoms with E-state index in [0.717, 1.165) is 29.9 Å². The lowest BCUT2D eigenvalue weighted by atomic mass is 10.0. The van der Waals surface area contributed by atoms with E-state index in [2.05, 4.69) is 31.2 Å². The Morgan fingerprint density at radius 2 is 2.04 bits per heavy atom. The number of aliphatic imine (C=N–C) groups is 1. The van der Waals surface area contributed by atoms with Gasteiger partial charge in [0, 0.05) is 19.6 Å². The van der Waals surface area contributed by atoms with Gasteiger partial charge in [0.1, 0.15) is 17.2 Å². The molecule has 152 valence electrons. The van der Waals surface area contributed by atoms with Crippen molar-refractivity contribution in [3.05, 3.63) is 54.2 Å². The van der Waals surface area contributed by atoms with Crippen molar-refractivity contribution >= 4 is 41.0 Å². The van der Waals surface area contributed by atoms with Gasteiger partial charge in [-0.15, -0.1) is 24.0 Å². The molecule has 0 bridgehead atoms. The fraction of sp³-hybridized carbons (Fsp3) is 0.400. The van der Waals surface area contributed by atoms with E-state index in [0.29, 0.717) is 18.3 Å². The van der Waals surface area contributed by atoms with Gasteiger partial charge in [-0.05, 0) is 45.0 Å². The molecule has 0 fully saturated rings. The molecule has 3 N–H and O–H groups in total. The molecule has 0 spiro atoms. The molecule has 3 aromatic rings. The van der Waals surface area contributed by atoms with Crippen LogP contribution in [0.3, 0.4) is 0 Å². The lowest BCUT2D eigenvalue weighted by Crippen LogP contribution is -2.40. The molecule has 0 saturated heterocycles. The van der Waals surface area contributed by atoms with Gasteiger partial charge in [-0.2, -0.15) is 0 Å². The van der Waals surface area contributed by atoms with Crippen molar-refractivity contribution in [2.45, 2.75) is 32.9 Å². The largest absolute Gasteiger partial charge is 0.466 e. The number of aromatic nitrogens is 2. The summed E-state index contributed by atoms with van der Waals surface area (Å²) in [4.78, 5) is 9.09. The molecule has 0 aliphatic carbocycles. The first-order chi connectivity index (χ1) is 13.0. The summed E-state index contributed by atoms with van der Waals surface area (Å²) in [6.45, 7) is 8.11. The molecule has 1 aromatic carbocycles. The Balaban J connectivity index is 0.00000280. The second kappa shape index (κ2) is 9.92. The molecule has 2 heterocycles. The van der Waals surface area contributed by atoms with E-state index < -0.39 is 5.60 Å². The first kappa shape index (κ1) is 22.2. The van der Waals surface area contributed by atoms with E-state index in [-0.39, 0.29) is 30.5 Å². The number of aryl methyl sites for hydroxylation is 1. The second-order valence-corrected chi connectivity index (χ2v) is 6.67. The normalized spacial score (nSPS) is 13.8. The van der Waals surface area contributed by atoms with E-state index in [1.807, 2.05) is 32.0 Å². The first-order valence-electron chi connectivity index (χ1n) is 9.21. The number of nitrogens with one attached hydrogen (secondary N) is 2. The monoisotopic (exact) mass is 497 g/mol. The van der Waals surface area contributed by atoms with Gasteiger partial charge >= 0.3 is 0 Å². The zero-order valence-corrected chi connectivity index (χ0v) is 18.8. The topological polar surface area (TPSA) is 87.6 Å². The third-order valence-electron chi connectivity index (χ3n) is 4.41. The molecule has 0 amide bonds. The van der Waals surface area contributed by atoms with Gasteiger partial charge in [0.05, 0.1) is 23.8 Å². The Morgan fingerprint density at radius 1 is 1.25 bits per heavy atom. The summed E-state index contributed by atoms with van der Waals surface area (Å²) < 4.78 is 7.49. The fourth-order valence-electron chi connectivity index (χ4n) is 3.00. The van der Waals surface area contributed by atoms with Crippen LogP contribution in [0.5, 0.6) is 0 Å². The van der Waals surface area contributed by atoms with Gasteiger partial charge in [0.15, 0.2) is 5.96 Å². The molecule has 0 saturated carbocycles. The number of rotatable bonds is 7. The number of para-hydroxylation sites is 2. The standard InChI is InChI=1S/C20H27N5O2.HI/c1-4-21-19(23-14-20(3,26)18-10-7-13-27-18)22-11-12-25-15(2)24-16-8-5-6-9-17(16)25;/h5-10,13,26H,4,11-12,14H2,1-3H3,(H2,21,22,23);1H. The number of hydrogen-bond acceptors (Lipinski definition) is 4. The van der Waals surface area contributed by atoms with Crippen LogP contribution in [-0.4, -0.2) is 40.3 Å². The Bertz CT molecular complexity index is 903. The van der Waals surface area contributed by atoms with Gasteiger partial charge in [-0.3, -0.25) is 0 Å². The highest BCUT2D eigenvalue weighted by molar-refractivity contribution is 14.0. The fourth-order valence-corrected chi connectivity index (χ4v) is 3.00. The Kier molecular flexibility index (Phi) is 7.88. The van der Waals surface area contributed by atoms with Gasteiger partial charge in [-0.1, -0.05) is 12.1 Å². The molecule has 8 heteroatoms. The van der Waals surface area contributed by atoms with Crippen LogP contribution in [0.25, 0.3) is 11.0 Å². The lowest BCUT2D eigenvalue weighted by Gasteiger charge is -2.19. The first-order valence-corrected chi connectivity index (χ1v) is 9.21. The number of hydrogen-bond donors (Lipinski definition) is 3. The summed E-state index contributed by atoms with van der Waals surface area (Å²) in [5.74, 6) is 2.15. The SMILES string of the molecule is CCNC(=NCC(C)(O)c1ccco1)NCCn1c(C)nc2ccccc21.I. The number of halogens is 1. The molecule has 3 rings (SSSR count). The Hall–Kier alpha value is -2.07. The van der Waals surface area contributed by atoms with Crippen molar-refractivity contribution in [1.82, 2.24) is 20.2 Å². The smallest absolute Gasteiger partial charge is 0.191 e. The number of nitrogens with zero attached hydrogens (tertiary/aromatic N) is 3. The highest BCUT2D eigenvalue weighted by atomic mass is 127. The highest BCUT2D eigenvalue weighted by Crippen LogP contribution is 2.21. The average molecular weight is 497 g/mol. The van der Waals surface area contributed by atoms with Gasteiger partial charge in [0.25, 0.3) is 0 Å². The third-order valence-corrected chi connectivity index (χ3v) is 4.41. The van der Waals surface area contributed by atoms with Crippen molar-refractivity contribution in [1.29, 1.82) is 0 Å². The van der Waals surface area contributed by atoms with Crippen molar-refractivity contribution in [2.75, 3.05) is 19.6 Å². The van der Waals surface area contributed by atoms with Crippen molar-refractivity contribution in [3.8, 4) is 0 Å². The number of fused-ring (bicyclic) bond motifs is 1. The molecule has 0 aliphatic rings. The summed E-state index contributed by atoms with van der Waals surface area (Å²) in [7, 11) is 0. The molecule has 1 unspecified atom stereocenters. The van der Waals surface area contributed by atoms with Crippen molar-refractivity contribution in [3.63, 3.8) is 0 Å². The van der Waals surface area contributed by atoms with E-state index in [4.69, 9.17) is 4.42 Å². The minimum Gasteiger partial charge on any atom is -0.466 e. The van der Waals surface area contributed by atoms with Crippen LogP contribution in [0.15, 0.2) is 52.1 Å².